The quantitative estimate of drug-likeness (QED) is 0.161. The zero-order valence-corrected chi connectivity index (χ0v) is 22.2. The Morgan fingerprint density at radius 1 is 0.878 bits per heavy atom. The summed E-state index contributed by atoms with van der Waals surface area (Å²) in [5, 5.41) is 12.9. The summed E-state index contributed by atoms with van der Waals surface area (Å²) in [7, 11) is 1.23. The normalized spacial score (nSPS) is 12.0. The molecule has 0 aliphatic rings. The number of carbonyl (C=O) groups is 2. The van der Waals surface area contributed by atoms with Crippen LogP contribution in [0.1, 0.15) is 21.5 Å². The summed E-state index contributed by atoms with van der Waals surface area (Å²) in [6.45, 7) is 0. The van der Waals surface area contributed by atoms with Crippen LogP contribution in [0.3, 0.4) is 0 Å². The van der Waals surface area contributed by atoms with Crippen LogP contribution in [0.2, 0.25) is 5.02 Å². The van der Waals surface area contributed by atoms with Gasteiger partial charge in [-0.2, -0.15) is 13.2 Å². The maximum absolute atomic E-state index is 13.5. The third kappa shape index (κ3) is 7.22. The highest BCUT2D eigenvalue weighted by molar-refractivity contribution is 6.31. The molecule has 0 saturated heterocycles. The van der Waals surface area contributed by atoms with Crippen LogP contribution in [-0.2, 0) is 22.2 Å². The van der Waals surface area contributed by atoms with Crippen molar-refractivity contribution in [2.75, 3.05) is 7.11 Å². The Balaban J connectivity index is 1.54. The molecular formula is C30H23ClF4N2O4. The van der Waals surface area contributed by atoms with Gasteiger partial charge in [0.05, 0.1) is 23.3 Å². The number of aromatic hydroxyl groups is 1. The third-order valence-electron chi connectivity index (χ3n) is 6.26. The van der Waals surface area contributed by atoms with Crippen LogP contribution in [0, 0.1) is 5.82 Å². The molecule has 0 bridgehead atoms. The molecule has 0 saturated carbocycles. The predicted octanol–water partition coefficient (Wildman–Crippen LogP) is 6.56. The van der Waals surface area contributed by atoms with E-state index in [9.17, 15) is 32.3 Å². The number of hydroxylamine groups is 1. The van der Waals surface area contributed by atoms with Crippen LogP contribution in [0.15, 0.2) is 84.9 Å². The molecule has 41 heavy (non-hydrogen) atoms. The maximum Gasteiger partial charge on any atom is 0.416 e. The van der Waals surface area contributed by atoms with Crippen LogP contribution in [0.4, 0.5) is 17.6 Å². The standard InChI is InChI=1S/C30H23ClF4N2O4/c1-41-37-29(40)26(14-17-2-4-18(5-3-17)21-8-12-25(32)24(31)16-21)36-28(39)23-15-20(9-13-27(23)38)19-6-10-22(11-7-19)30(33,34)35/h2-13,15-16,26,38H,14H2,1H3,(H,36,39)(H,37,40). The van der Waals surface area contributed by atoms with Gasteiger partial charge >= 0.3 is 6.18 Å². The van der Waals surface area contributed by atoms with Crippen molar-refractivity contribution in [3.63, 3.8) is 0 Å². The number of phenols is 1. The first-order valence-corrected chi connectivity index (χ1v) is 12.5. The van der Waals surface area contributed by atoms with E-state index in [-0.39, 0.29) is 22.8 Å². The van der Waals surface area contributed by atoms with E-state index in [4.69, 9.17) is 16.4 Å². The molecule has 0 spiro atoms. The Morgan fingerprint density at radius 2 is 1.44 bits per heavy atom. The number of halogens is 5. The topological polar surface area (TPSA) is 87.7 Å². The van der Waals surface area contributed by atoms with Crippen molar-refractivity contribution in [3.8, 4) is 28.0 Å². The molecule has 0 radical (unpaired) electrons. The van der Waals surface area contributed by atoms with Crippen LogP contribution < -0.4 is 10.8 Å². The van der Waals surface area contributed by atoms with Crippen LogP contribution >= 0.6 is 11.6 Å². The number of nitrogens with one attached hydrogen (secondary N) is 2. The highest BCUT2D eigenvalue weighted by Crippen LogP contribution is 2.32. The Labute approximate surface area is 237 Å². The Hall–Kier alpha value is -4.41. The lowest BCUT2D eigenvalue weighted by atomic mass is 9.99. The third-order valence-corrected chi connectivity index (χ3v) is 6.55. The summed E-state index contributed by atoms with van der Waals surface area (Å²) >= 11 is 5.88. The summed E-state index contributed by atoms with van der Waals surface area (Å²) in [4.78, 5) is 30.6. The second kappa shape index (κ2) is 12.4. The summed E-state index contributed by atoms with van der Waals surface area (Å²) < 4.78 is 52.3. The average Bonchev–Trinajstić information content (AvgIpc) is 2.94. The second-order valence-electron chi connectivity index (χ2n) is 9.03. The van der Waals surface area contributed by atoms with E-state index in [1.54, 1.807) is 30.3 Å². The molecule has 1 unspecified atom stereocenters. The van der Waals surface area contributed by atoms with Crippen molar-refractivity contribution in [1.29, 1.82) is 0 Å². The number of carbonyl (C=O) groups excluding carboxylic acids is 2. The monoisotopic (exact) mass is 586 g/mol. The first kappa shape index (κ1) is 29.6. The van der Waals surface area contributed by atoms with Crippen molar-refractivity contribution in [1.82, 2.24) is 10.8 Å². The van der Waals surface area contributed by atoms with Crippen molar-refractivity contribution < 1.29 is 37.1 Å². The molecule has 11 heteroatoms. The lowest BCUT2D eigenvalue weighted by Crippen LogP contribution is -2.47. The van der Waals surface area contributed by atoms with Gasteiger partial charge < -0.3 is 10.4 Å². The van der Waals surface area contributed by atoms with E-state index in [1.165, 1.54) is 49.6 Å². The fraction of sp³-hybridized carbons (Fsp3) is 0.133. The van der Waals surface area contributed by atoms with Gasteiger partial charge in [-0.05, 0) is 64.2 Å². The number of amides is 2. The molecule has 0 heterocycles. The first-order valence-electron chi connectivity index (χ1n) is 12.1. The van der Waals surface area contributed by atoms with Gasteiger partial charge in [-0.1, -0.05) is 60.1 Å². The van der Waals surface area contributed by atoms with Gasteiger partial charge in [0.25, 0.3) is 11.8 Å². The Morgan fingerprint density at radius 3 is 2.02 bits per heavy atom. The molecule has 3 N–H and O–H groups in total. The minimum Gasteiger partial charge on any atom is -0.507 e. The fourth-order valence-electron chi connectivity index (χ4n) is 4.11. The predicted molar refractivity (Wildman–Crippen MR) is 146 cm³/mol. The smallest absolute Gasteiger partial charge is 0.416 e. The molecule has 212 valence electrons. The van der Waals surface area contributed by atoms with E-state index in [0.717, 1.165) is 17.7 Å². The van der Waals surface area contributed by atoms with Crippen LogP contribution in [0.5, 0.6) is 5.75 Å². The van der Waals surface area contributed by atoms with Crippen LogP contribution in [0.25, 0.3) is 22.3 Å². The molecule has 6 nitrogen and oxygen atoms in total. The highest BCUT2D eigenvalue weighted by atomic mass is 35.5. The second-order valence-corrected chi connectivity index (χ2v) is 9.44. The van der Waals surface area contributed by atoms with E-state index >= 15 is 0 Å². The molecule has 0 aliphatic carbocycles. The minimum absolute atomic E-state index is 0.0174. The number of hydrogen-bond donors (Lipinski definition) is 3. The number of phenolic OH excluding ortho intramolecular Hbond substituents is 1. The van der Waals surface area contributed by atoms with E-state index in [0.29, 0.717) is 22.3 Å². The molecule has 4 aromatic carbocycles. The van der Waals surface area contributed by atoms with Gasteiger partial charge in [0.1, 0.15) is 17.6 Å². The minimum atomic E-state index is -4.49. The average molecular weight is 587 g/mol. The Kier molecular flexibility index (Phi) is 8.95. The van der Waals surface area contributed by atoms with E-state index < -0.39 is 35.4 Å². The van der Waals surface area contributed by atoms with Crippen molar-refractivity contribution in [2.24, 2.45) is 0 Å². The maximum atomic E-state index is 13.5. The van der Waals surface area contributed by atoms with Gasteiger partial charge in [0.15, 0.2) is 0 Å². The first-order chi connectivity index (χ1) is 19.5. The molecular weight excluding hydrogens is 564 g/mol. The van der Waals surface area contributed by atoms with Crippen molar-refractivity contribution in [2.45, 2.75) is 18.6 Å². The molecule has 0 aliphatic heterocycles. The lowest BCUT2D eigenvalue weighted by Gasteiger charge is -2.19. The molecule has 4 aromatic rings. The molecule has 0 aromatic heterocycles. The molecule has 2 amide bonds. The van der Waals surface area contributed by atoms with E-state index in [1.807, 2.05) is 0 Å². The highest BCUT2D eigenvalue weighted by Gasteiger charge is 2.30. The molecule has 4 rings (SSSR count). The van der Waals surface area contributed by atoms with E-state index in [2.05, 4.69) is 10.8 Å². The largest absolute Gasteiger partial charge is 0.507 e. The van der Waals surface area contributed by atoms with Gasteiger partial charge in [0, 0.05) is 6.42 Å². The zero-order valence-electron chi connectivity index (χ0n) is 21.4. The summed E-state index contributed by atoms with van der Waals surface area (Å²) in [6, 6.07) is 18.6. The Bertz CT molecular complexity index is 1560. The SMILES string of the molecule is CONC(=O)C(Cc1ccc(-c2ccc(F)c(Cl)c2)cc1)NC(=O)c1cc(-c2ccc(C(F)(F)F)cc2)ccc1O. The number of rotatable bonds is 8. The van der Waals surface area contributed by atoms with Gasteiger partial charge in [-0.25, -0.2) is 9.87 Å². The van der Waals surface area contributed by atoms with Crippen molar-refractivity contribution >= 4 is 23.4 Å². The lowest BCUT2D eigenvalue weighted by molar-refractivity contribution is -0.137. The van der Waals surface area contributed by atoms with Crippen LogP contribution in [-0.4, -0.2) is 30.1 Å². The summed E-state index contributed by atoms with van der Waals surface area (Å²) in [6.07, 6.45) is -4.45. The number of hydrogen-bond acceptors (Lipinski definition) is 4. The summed E-state index contributed by atoms with van der Waals surface area (Å²) in [5.74, 6) is -2.37. The van der Waals surface area contributed by atoms with Crippen molar-refractivity contribution in [3.05, 3.63) is 112 Å². The van der Waals surface area contributed by atoms with Gasteiger partial charge in [-0.3, -0.25) is 14.4 Å². The number of alkyl halides is 3. The van der Waals surface area contributed by atoms with Gasteiger partial charge in [-0.15, -0.1) is 0 Å². The molecule has 0 fully saturated rings. The number of benzene rings is 4. The van der Waals surface area contributed by atoms with Gasteiger partial charge in [0.2, 0.25) is 0 Å². The summed E-state index contributed by atoms with van der Waals surface area (Å²) in [5.41, 5.74) is 4.07. The molecule has 1 atom stereocenters. The zero-order chi connectivity index (χ0) is 29.7. The fourth-order valence-corrected chi connectivity index (χ4v) is 4.29.